The van der Waals surface area contributed by atoms with E-state index in [1.165, 1.54) is 29.8 Å². The number of hydrogen-bond acceptors (Lipinski definition) is 8. The molecule has 40 heavy (non-hydrogen) atoms. The van der Waals surface area contributed by atoms with E-state index in [0.29, 0.717) is 5.13 Å². The van der Waals surface area contributed by atoms with Gasteiger partial charge in [0.25, 0.3) is 5.91 Å². The van der Waals surface area contributed by atoms with E-state index in [1.54, 1.807) is 0 Å². The lowest BCUT2D eigenvalue weighted by Gasteiger charge is -2.28. The Balaban J connectivity index is 1.25. The van der Waals surface area contributed by atoms with Crippen molar-refractivity contribution in [3.63, 3.8) is 0 Å². The van der Waals surface area contributed by atoms with Gasteiger partial charge in [0.1, 0.15) is 18.1 Å². The van der Waals surface area contributed by atoms with Gasteiger partial charge >= 0.3 is 11.0 Å². The third-order valence-electron chi connectivity index (χ3n) is 6.59. The molecule has 0 saturated carbocycles. The molecule has 1 aliphatic heterocycles. The molecule has 3 N–H and O–H groups in total. The largest absolute Gasteiger partial charge is 0.354 e. The number of amides is 2. The number of carbonyl (C=O) groups excluding carboxylic acids is 2. The van der Waals surface area contributed by atoms with E-state index in [0.717, 1.165) is 64.6 Å². The number of anilines is 2. The van der Waals surface area contributed by atoms with Crippen LogP contribution in [0.2, 0.25) is 0 Å². The molecule has 0 unspecified atom stereocenters. The summed E-state index contributed by atoms with van der Waals surface area (Å²) in [5.41, 5.74) is 4.24. The minimum atomic E-state index is -3.49. The number of nitrogens with zero attached hydrogens (tertiary/aromatic N) is 4. The highest BCUT2D eigenvalue weighted by atomic mass is 32.2. The normalized spacial score (nSPS) is 13.7. The SMILES string of the molecule is C[n+]1c(-c2cccc(-c3ccnc(N4CCNCC4)c3)c2)csc1NC(=O)CNC(=O)c1ccn(S(C)(=O)=O)c1. The molecule has 0 radical (unpaired) electrons. The van der Waals surface area contributed by atoms with Gasteiger partial charge in [-0.2, -0.15) is 5.32 Å². The van der Waals surface area contributed by atoms with Gasteiger partial charge in [0.05, 0.1) is 18.9 Å². The Labute approximate surface area is 236 Å². The smallest absolute Gasteiger partial charge is 0.341 e. The van der Waals surface area contributed by atoms with Crippen molar-refractivity contribution >= 4 is 44.1 Å². The van der Waals surface area contributed by atoms with Gasteiger partial charge in [-0.1, -0.05) is 29.5 Å². The van der Waals surface area contributed by atoms with Crippen LogP contribution in [0.5, 0.6) is 0 Å². The molecule has 0 atom stereocenters. The van der Waals surface area contributed by atoms with E-state index >= 15 is 0 Å². The second kappa shape index (κ2) is 11.6. The first-order valence-electron chi connectivity index (χ1n) is 12.7. The Morgan fingerprint density at radius 2 is 1.85 bits per heavy atom. The van der Waals surface area contributed by atoms with Crippen molar-refractivity contribution in [3.05, 3.63) is 72.0 Å². The maximum Gasteiger partial charge on any atom is 0.341 e. The van der Waals surface area contributed by atoms with Crippen LogP contribution in [0, 0.1) is 0 Å². The van der Waals surface area contributed by atoms with E-state index in [4.69, 9.17) is 0 Å². The molecule has 3 aromatic heterocycles. The Bertz CT molecular complexity index is 1660. The number of hydrogen-bond donors (Lipinski definition) is 3. The summed E-state index contributed by atoms with van der Waals surface area (Å²) >= 11 is 1.38. The van der Waals surface area contributed by atoms with Crippen molar-refractivity contribution in [1.29, 1.82) is 0 Å². The van der Waals surface area contributed by atoms with Crippen molar-refractivity contribution in [2.45, 2.75) is 0 Å². The molecule has 2 amide bonds. The third-order valence-corrected chi connectivity index (χ3v) is 8.53. The first-order valence-corrected chi connectivity index (χ1v) is 15.4. The quantitative estimate of drug-likeness (QED) is 0.271. The number of piperazine rings is 1. The van der Waals surface area contributed by atoms with Gasteiger partial charge in [-0.3, -0.25) is 8.77 Å². The van der Waals surface area contributed by atoms with Gasteiger partial charge in [0.15, 0.2) is 0 Å². The van der Waals surface area contributed by atoms with Crippen LogP contribution < -0.4 is 25.4 Å². The fourth-order valence-electron chi connectivity index (χ4n) is 4.42. The van der Waals surface area contributed by atoms with Crippen molar-refractivity contribution in [3.8, 4) is 22.4 Å². The summed E-state index contributed by atoms with van der Waals surface area (Å²) in [6.45, 7) is 3.48. The zero-order valence-electron chi connectivity index (χ0n) is 22.1. The summed E-state index contributed by atoms with van der Waals surface area (Å²) in [6, 6.07) is 13.7. The average molecular weight is 581 g/mol. The molecule has 4 heterocycles. The standard InChI is InChI=1S/C27H29N7O4S2/c1-32-23(18-39-27(32)31-25(35)16-30-26(36)22-7-11-34(17-22)40(2,37)38)21-5-3-4-19(14-21)20-6-8-29-24(15-20)33-12-9-28-10-13-33/h3-8,11,14-15,17-18,28H,9-10,12-13,16H2,1-2H3,(H,30,36)/p+1. The fraction of sp³-hybridized carbons (Fsp3) is 0.259. The molecule has 1 fully saturated rings. The number of thiazole rings is 1. The van der Waals surface area contributed by atoms with Gasteiger partial charge < -0.3 is 15.5 Å². The second-order valence-electron chi connectivity index (χ2n) is 9.43. The van der Waals surface area contributed by atoms with Crippen molar-refractivity contribution < 1.29 is 22.6 Å². The number of aromatic nitrogens is 3. The predicted molar refractivity (Wildman–Crippen MR) is 155 cm³/mol. The molecule has 11 nitrogen and oxygen atoms in total. The molecule has 1 saturated heterocycles. The number of rotatable bonds is 8. The van der Waals surface area contributed by atoms with Gasteiger partial charge in [0.2, 0.25) is 10.0 Å². The molecule has 13 heteroatoms. The van der Waals surface area contributed by atoms with E-state index in [2.05, 4.69) is 44.0 Å². The van der Waals surface area contributed by atoms with Gasteiger partial charge in [-0.25, -0.2) is 22.8 Å². The third kappa shape index (κ3) is 6.22. The Hall–Kier alpha value is -4.07. The van der Waals surface area contributed by atoms with Gasteiger partial charge in [0, 0.05) is 55.7 Å². The lowest BCUT2D eigenvalue weighted by atomic mass is 10.0. The molecule has 0 spiro atoms. The number of pyridine rings is 1. The van der Waals surface area contributed by atoms with Crippen LogP contribution >= 0.6 is 11.3 Å². The topological polar surface area (TPSA) is 129 Å². The van der Waals surface area contributed by atoms with Crippen LogP contribution in [-0.4, -0.2) is 68.2 Å². The zero-order chi connectivity index (χ0) is 28.3. The highest BCUT2D eigenvalue weighted by Gasteiger charge is 2.21. The molecular formula is C27H30N7O4S2+. The van der Waals surface area contributed by atoms with Crippen LogP contribution in [0.15, 0.2) is 66.4 Å². The van der Waals surface area contributed by atoms with Crippen molar-refractivity contribution in [1.82, 2.24) is 19.6 Å². The van der Waals surface area contributed by atoms with Crippen molar-refractivity contribution in [2.75, 3.05) is 49.2 Å². The summed E-state index contributed by atoms with van der Waals surface area (Å²) in [5.74, 6) is 0.0308. The van der Waals surface area contributed by atoms with Gasteiger partial charge in [-0.15, -0.1) is 0 Å². The predicted octanol–water partition coefficient (Wildman–Crippen LogP) is 1.69. The fourth-order valence-corrected chi connectivity index (χ4v) is 5.95. The van der Waals surface area contributed by atoms with Gasteiger partial charge in [-0.05, 0) is 35.4 Å². The molecule has 5 rings (SSSR count). The molecular weight excluding hydrogens is 550 g/mol. The number of benzene rings is 1. The minimum Gasteiger partial charge on any atom is -0.354 e. The van der Waals surface area contributed by atoms with E-state index in [9.17, 15) is 18.0 Å². The number of nitrogens with one attached hydrogen (secondary N) is 3. The zero-order valence-corrected chi connectivity index (χ0v) is 23.8. The lowest BCUT2D eigenvalue weighted by Crippen LogP contribution is -2.43. The molecule has 1 aliphatic rings. The minimum absolute atomic E-state index is 0.149. The van der Waals surface area contributed by atoms with Crippen LogP contribution in [-0.2, 0) is 21.9 Å². The molecule has 1 aromatic carbocycles. The van der Waals surface area contributed by atoms with Crippen LogP contribution in [0.1, 0.15) is 10.4 Å². The Morgan fingerprint density at radius 1 is 1.10 bits per heavy atom. The summed E-state index contributed by atoms with van der Waals surface area (Å²) in [5, 5.41) is 11.3. The molecule has 0 aliphatic carbocycles. The molecule has 4 aromatic rings. The maximum atomic E-state index is 12.6. The van der Waals surface area contributed by atoms with E-state index in [-0.39, 0.29) is 12.1 Å². The monoisotopic (exact) mass is 580 g/mol. The molecule has 208 valence electrons. The lowest BCUT2D eigenvalue weighted by molar-refractivity contribution is -0.641. The van der Waals surface area contributed by atoms with E-state index < -0.39 is 21.8 Å². The van der Waals surface area contributed by atoms with Crippen LogP contribution in [0.4, 0.5) is 10.9 Å². The number of carbonyl (C=O) groups is 2. The van der Waals surface area contributed by atoms with Crippen LogP contribution in [0.25, 0.3) is 22.4 Å². The summed E-state index contributed by atoms with van der Waals surface area (Å²) in [7, 11) is -1.62. The molecule has 0 bridgehead atoms. The van der Waals surface area contributed by atoms with Crippen molar-refractivity contribution in [2.24, 2.45) is 7.05 Å². The summed E-state index contributed by atoms with van der Waals surface area (Å²) < 4.78 is 26.0. The summed E-state index contributed by atoms with van der Waals surface area (Å²) in [6.07, 6.45) is 5.38. The maximum absolute atomic E-state index is 12.6. The highest BCUT2D eigenvalue weighted by molar-refractivity contribution is 7.89. The Morgan fingerprint density at radius 3 is 2.60 bits per heavy atom. The first-order chi connectivity index (χ1) is 19.2. The Kier molecular flexibility index (Phi) is 7.96. The first kappa shape index (κ1) is 27.5. The van der Waals surface area contributed by atoms with E-state index in [1.807, 2.05) is 41.4 Å². The average Bonchev–Trinajstić information content (AvgIpc) is 3.60. The highest BCUT2D eigenvalue weighted by Crippen LogP contribution is 2.29. The second-order valence-corrected chi connectivity index (χ2v) is 12.2. The summed E-state index contributed by atoms with van der Waals surface area (Å²) in [4.78, 5) is 31.8. The van der Waals surface area contributed by atoms with Crippen LogP contribution in [0.3, 0.4) is 0 Å².